The van der Waals surface area contributed by atoms with Gasteiger partial charge in [0.05, 0.1) is 12.9 Å². The molecule has 0 spiro atoms. The summed E-state index contributed by atoms with van der Waals surface area (Å²) in [6.07, 6.45) is 6.59. The maximum Gasteiger partial charge on any atom is 0.330 e. The predicted molar refractivity (Wildman–Crippen MR) is 64.4 cm³/mol. The Bertz CT molecular complexity index is 327. The number of esters is 1. The van der Waals surface area contributed by atoms with E-state index in [-0.39, 0.29) is 12.6 Å². The molecule has 1 aromatic rings. The molecule has 0 fully saturated rings. The first-order chi connectivity index (χ1) is 8.33. The van der Waals surface area contributed by atoms with Gasteiger partial charge in [0.2, 0.25) is 0 Å². The van der Waals surface area contributed by atoms with E-state index < -0.39 is 0 Å². The SMILES string of the molecule is CCCCOCCOC(=O)C=Cc1ccco1. The van der Waals surface area contributed by atoms with Crippen LogP contribution < -0.4 is 0 Å². The Labute approximate surface area is 101 Å². The number of hydrogen-bond donors (Lipinski definition) is 0. The van der Waals surface area contributed by atoms with E-state index >= 15 is 0 Å². The van der Waals surface area contributed by atoms with E-state index in [4.69, 9.17) is 13.9 Å². The summed E-state index contributed by atoms with van der Waals surface area (Å²) < 4.78 is 15.2. The van der Waals surface area contributed by atoms with E-state index in [0.29, 0.717) is 12.4 Å². The molecule has 0 aliphatic carbocycles. The Morgan fingerprint density at radius 1 is 1.41 bits per heavy atom. The van der Waals surface area contributed by atoms with Gasteiger partial charge in [-0.15, -0.1) is 0 Å². The molecule has 0 aliphatic rings. The Balaban J connectivity index is 2.05. The summed E-state index contributed by atoms with van der Waals surface area (Å²) in [6.45, 7) is 3.55. The number of unbranched alkanes of at least 4 members (excludes halogenated alkanes) is 1. The molecular formula is C13H18O4. The Morgan fingerprint density at radius 2 is 2.29 bits per heavy atom. The van der Waals surface area contributed by atoms with Gasteiger partial charge in [-0.25, -0.2) is 4.79 Å². The molecule has 0 aromatic carbocycles. The molecule has 0 saturated heterocycles. The van der Waals surface area contributed by atoms with Crippen LogP contribution in [0.5, 0.6) is 0 Å². The molecule has 1 heterocycles. The molecule has 4 nitrogen and oxygen atoms in total. The quantitative estimate of drug-likeness (QED) is 0.397. The number of furan rings is 1. The Morgan fingerprint density at radius 3 is 3.00 bits per heavy atom. The lowest BCUT2D eigenvalue weighted by molar-refractivity contribution is -0.139. The van der Waals surface area contributed by atoms with Gasteiger partial charge in [0.25, 0.3) is 0 Å². The second kappa shape index (κ2) is 8.58. The van der Waals surface area contributed by atoms with Crippen molar-refractivity contribution in [3.05, 3.63) is 30.2 Å². The normalized spacial score (nSPS) is 10.9. The molecule has 94 valence electrons. The first kappa shape index (κ1) is 13.5. The van der Waals surface area contributed by atoms with Gasteiger partial charge in [0.1, 0.15) is 12.4 Å². The molecule has 0 atom stereocenters. The molecule has 0 amide bonds. The van der Waals surface area contributed by atoms with Gasteiger partial charge in [0.15, 0.2) is 0 Å². The highest BCUT2D eigenvalue weighted by Gasteiger charge is 1.97. The molecule has 0 N–H and O–H groups in total. The minimum atomic E-state index is -0.388. The number of rotatable bonds is 8. The molecule has 0 aliphatic heterocycles. The lowest BCUT2D eigenvalue weighted by atomic mass is 10.4. The van der Waals surface area contributed by atoms with Gasteiger partial charge in [-0.2, -0.15) is 0 Å². The smallest absolute Gasteiger partial charge is 0.330 e. The zero-order chi connectivity index (χ0) is 12.3. The highest BCUT2D eigenvalue weighted by Crippen LogP contribution is 2.02. The molecular weight excluding hydrogens is 220 g/mol. The van der Waals surface area contributed by atoms with Crippen molar-refractivity contribution >= 4 is 12.0 Å². The summed E-state index contributed by atoms with van der Waals surface area (Å²) in [5, 5.41) is 0. The molecule has 17 heavy (non-hydrogen) atoms. The largest absolute Gasteiger partial charge is 0.465 e. The van der Waals surface area contributed by atoms with Crippen molar-refractivity contribution in [1.29, 1.82) is 0 Å². The van der Waals surface area contributed by atoms with E-state index in [9.17, 15) is 4.79 Å². The van der Waals surface area contributed by atoms with Crippen LogP contribution in [0.15, 0.2) is 28.9 Å². The number of hydrogen-bond acceptors (Lipinski definition) is 4. The third-order valence-corrected chi connectivity index (χ3v) is 2.04. The second-order valence-electron chi connectivity index (χ2n) is 3.48. The molecule has 0 radical (unpaired) electrons. The van der Waals surface area contributed by atoms with E-state index in [2.05, 4.69) is 6.92 Å². The van der Waals surface area contributed by atoms with Gasteiger partial charge >= 0.3 is 5.97 Å². The van der Waals surface area contributed by atoms with Crippen LogP contribution in [0.25, 0.3) is 6.08 Å². The van der Waals surface area contributed by atoms with Crippen molar-refractivity contribution in [2.24, 2.45) is 0 Å². The summed E-state index contributed by atoms with van der Waals surface area (Å²) in [5.74, 6) is 0.238. The van der Waals surface area contributed by atoms with Crippen LogP contribution in [-0.2, 0) is 14.3 Å². The highest BCUT2D eigenvalue weighted by atomic mass is 16.6. The first-order valence-corrected chi connectivity index (χ1v) is 5.79. The number of carbonyl (C=O) groups is 1. The van der Waals surface area contributed by atoms with Gasteiger partial charge < -0.3 is 13.9 Å². The summed E-state index contributed by atoms with van der Waals surface area (Å²) >= 11 is 0. The van der Waals surface area contributed by atoms with Gasteiger partial charge in [0, 0.05) is 12.7 Å². The molecule has 0 bridgehead atoms. The third kappa shape index (κ3) is 6.58. The van der Waals surface area contributed by atoms with Crippen molar-refractivity contribution in [2.45, 2.75) is 19.8 Å². The van der Waals surface area contributed by atoms with Crippen molar-refractivity contribution < 1.29 is 18.7 Å². The van der Waals surface area contributed by atoms with E-state index in [0.717, 1.165) is 19.4 Å². The average Bonchev–Trinajstić information content (AvgIpc) is 2.84. The van der Waals surface area contributed by atoms with E-state index in [1.807, 2.05) is 0 Å². The van der Waals surface area contributed by atoms with Crippen molar-refractivity contribution in [3.63, 3.8) is 0 Å². The summed E-state index contributed by atoms with van der Waals surface area (Å²) in [6, 6.07) is 3.52. The van der Waals surface area contributed by atoms with Crippen LogP contribution in [0.4, 0.5) is 0 Å². The van der Waals surface area contributed by atoms with Crippen LogP contribution in [0.2, 0.25) is 0 Å². The fraction of sp³-hybridized carbons (Fsp3) is 0.462. The van der Waals surface area contributed by atoms with Crippen LogP contribution in [0, 0.1) is 0 Å². The minimum absolute atomic E-state index is 0.283. The maximum atomic E-state index is 11.2. The Kier molecular flexibility index (Phi) is 6.82. The summed E-state index contributed by atoms with van der Waals surface area (Å²) in [5.41, 5.74) is 0. The van der Waals surface area contributed by atoms with Gasteiger partial charge in [-0.1, -0.05) is 13.3 Å². The number of ether oxygens (including phenoxy) is 2. The van der Waals surface area contributed by atoms with E-state index in [1.165, 1.54) is 6.08 Å². The summed E-state index contributed by atoms with van der Waals surface area (Å²) in [7, 11) is 0. The topological polar surface area (TPSA) is 48.7 Å². The standard InChI is InChI=1S/C13H18O4/c1-2-3-8-15-10-11-17-13(14)7-6-12-5-4-9-16-12/h4-7,9H,2-3,8,10-11H2,1H3. The van der Waals surface area contributed by atoms with Crippen molar-refractivity contribution in [3.8, 4) is 0 Å². The van der Waals surface area contributed by atoms with Crippen LogP contribution in [0.3, 0.4) is 0 Å². The van der Waals surface area contributed by atoms with Crippen molar-refractivity contribution in [2.75, 3.05) is 19.8 Å². The fourth-order valence-corrected chi connectivity index (χ4v) is 1.13. The summed E-state index contributed by atoms with van der Waals surface area (Å²) in [4.78, 5) is 11.2. The zero-order valence-corrected chi connectivity index (χ0v) is 10.1. The van der Waals surface area contributed by atoms with Crippen LogP contribution in [-0.4, -0.2) is 25.8 Å². The van der Waals surface area contributed by atoms with E-state index in [1.54, 1.807) is 24.5 Å². The third-order valence-electron chi connectivity index (χ3n) is 2.04. The highest BCUT2D eigenvalue weighted by molar-refractivity contribution is 5.86. The second-order valence-corrected chi connectivity index (χ2v) is 3.48. The molecule has 4 heteroatoms. The molecule has 1 aromatic heterocycles. The van der Waals surface area contributed by atoms with Gasteiger partial charge in [-0.3, -0.25) is 0 Å². The lowest BCUT2D eigenvalue weighted by Crippen LogP contribution is -2.08. The Hall–Kier alpha value is -1.55. The minimum Gasteiger partial charge on any atom is -0.465 e. The maximum absolute atomic E-state index is 11.2. The van der Waals surface area contributed by atoms with Gasteiger partial charge in [-0.05, 0) is 24.6 Å². The first-order valence-electron chi connectivity index (χ1n) is 5.79. The van der Waals surface area contributed by atoms with Crippen LogP contribution in [0.1, 0.15) is 25.5 Å². The van der Waals surface area contributed by atoms with Crippen molar-refractivity contribution in [1.82, 2.24) is 0 Å². The predicted octanol–water partition coefficient (Wildman–Crippen LogP) is 2.65. The zero-order valence-electron chi connectivity index (χ0n) is 10.1. The van der Waals surface area contributed by atoms with Crippen LogP contribution >= 0.6 is 0 Å². The molecule has 1 rings (SSSR count). The number of carbonyl (C=O) groups excluding carboxylic acids is 1. The monoisotopic (exact) mass is 238 g/mol. The molecule has 0 unspecified atom stereocenters. The fourth-order valence-electron chi connectivity index (χ4n) is 1.13. The molecule has 0 saturated carbocycles. The average molecular weight is 238 g/mol. The lowest BCUT2D eigenvalue weighted by Gasteiger charge is -2.03.